The van der Waals surface area contributed by atoms with E-state index < -0.39 is 11.9 Å². The molecule has 0 radical (unpaired) electrons. The molecule has 16 heavy (non-hydrogen) atoms. The molecule has 1 atom stereocenters. The normalized spacial score (nSPS) is 12.1. The van der Waals surface area contributed by atoms with E-state index in [4.69, 9.17) is 15.5 Å². The average molecular weight is 224 g/mol. The standard InChI is InChI=1S/C11H13FN2O2/c12-10-2-1-8(4-13)9(3-10)5-14-6-11(16)7-15/h1-3,11,14-16H,5-7H2. The molecule has 0 saturated heterocycles. The second-order valence-corrected chi connectivity index (χ2v) is 3.38. The zero-order valence-corrected chi connectivity index (χ0v) is 8.65. The fraction of sp³-hybridized carbons (Fsp3) is 0.364. The lowest BCUT2D eigenvalue weighted by Crippen LogP contribution is -2.29. The van der Waals surface area contributed by atoms with Crippen molar-refractivity contribution in [2.75, 3.05) is 13.2 Å². The molecular formula is C11H13FN2O2. The summed E-state index contributed by atoms with van der Waals surface area (Å²) in [7, 11) is 0. The van der Waals surface area contributed by atoms with Crippen LogP contribution < -0.4 is 5.32 Å². The minimum Gasteiger partial charge on any atom is -0.394 e. The predicted molar refractivity (Wildman–Crippen MR) is 55.9 cm³/mol. The minimum absolute atomic E-state index is 0.192. The van der Waals surface area contributed by atoms with Gasteiger partial charge in [-0.15, -0.1) is 0 Å². The number of nitriles is 1. The molecule has 0 saturated carbocycles. The van der Waals surface area contributed by atoms with Gasteiger partial charge in [0, 0.05) is 13.1 Å². The summed E-state index contributed by atoms with van der Waals surface area (Å²) in [5, 5.41) is 29.2. The van der Waals surface area contributed by atoms with Crippen LogP contribution in [0.15, 0.2) is 18.2 Å². The first-order valence-electron chi connectivity index (χ1n) is 4.85. The van der Waals surface area contributed by atoms with Gasteiger partial charge in [0.25, 0.3) is 0 Å². The van der Waals surface area contributed by atoms with Crippen molar-refractivity contribution in [3.05, 3.63) is 35.1 Å². The van der Waals surface area contributed by atoms with Gasteiger partial charge in [0.2, 0.25) is 0 Å². The van der Waals surface area contributed by atoms with Crippen molar-refractivity contribution in [3.63, 3.8) is 0 Å². The molecule has 0 aliphatic rings. The van der Waals surface area contributed by atoms with Gasteiger partial charge in [0.05, 0.1) is 24.3 Å². The Labute approximate surface area is 93.0 Å². The summed E-state index contributed by atoms with van der Waals surface area (Å²) in [5.41, 5.74) is 0.931. The number of nitrogens with one attached hydrogen (secondary N) is 1. The van der Waals surface area contributed by atoms with Crippen LogP contribution in [0.3, 0.4) is 0 Å². The van der Waals surface area contributed by atoms with Crippen LogP contribution >= 0.6 is 0 Å². The highest BCUT2D eigenvalue weighted by Gasteiger charge is 2.05. The molecule has 3 N–H and O–H groups in total. The molecule has 86 valence electrons. The van der Waals surface area contributed by atoms with E-state index in [0.29, 0.717) is 11.1 Å². The highest BCUT2D eigenvalue weighted by molar-refractivity contribution is 5.37. The lowest BCUT2D eigenvalue weighted by molar-refractivity contribution is 0.0942. The molecule has 1 unspecified atom stereocenters. The maximum absolute atomic E-state index is 12.9. The van der Waals surface area contributed by atoms with E-state index in [9.17, 15) is 4.39 Å². The molecular weight excluding hydrogens is 211 g/mol. The average Bonchev–Trinajstić information content (AvgIpc) is 2.29. The van der Waals surface area contributed by atoms with Crippen LogP contribution in [-0.2, 0) is 6.54 Å². The van der Waals surface area contributed by atoms with Gasteiger partial charge in [-0.3, -0.25) is 0 Å². The van der Waals surface area contributed by atoms with Crippen LogP contribution in [0.2, 0.25) is 0 Å². The molecule has 1 aromatic rings. The predicted octanol–water partition coefficient (Wildman–Crippen LogP) is 0.140. The van der Waals surface area contributed by atoms with E-state index in [-0.39, 0.29) is 19.7 Å². The monoisotopic (exact) mass is 224 g/mol. The van der Waals surface area contributed by atoms with E-state index in [2.05, 4.69) is 5.32 Å². The van der Waals surface area contributed by atoms with Crippen LogP contribution in [0, 0.1) is 17.1 Å². The first-order valence-corrected chi connectivity index (χ1v) is 4.85. The second-order valence-electron chi connectivity index (χ2n) is 3.38. The highest BCUT2D eigenvalue weighted by atomic mass is 19.1. The number of hydrogen-bond acceptors (Lipinski definition) is 4. The molecule has 0 aliphatic heterocycles. The number of rotatable bonds is 5. The molecule has 0 fully saturated rings. The van der Waals surface area contributed by atoms with Gasteiger partial charge in [0.1, 0.15) is 5.82 Å². The molecule has 1 aromatic carbocycles. The second kappa shape index (κ2) is 6.18. The number of halogens is 1. The van der Waals surface area contributed by atoms with Crippen LogP contribution in [0.1, 0.15) is 11.1 Å². The van der Waals surface area contributed by atoms with E-state index >= 15 is 0 Å². The molecule has 0 aliphatic carbocycles. The zero-order valence-electron chi connectivity index (χ0n) is 8.65. The molecule has 0 heterocycles. The molecule has 0 bridgehead atoms. The molecule has 5 heteroatoms. The maximum Gasteiger partial charge on any atom is 0.123 e. The topological polar surface area (TPSA) is 76.3 Å². The Morgan fingerprint density at radius 2 is 2.25 bits per heavy atom. The van der Waals surface area contributed by atoms with Gasteiger partial charge in [-0.05, 0) is 23.8 Å². The summed E-state index contributed by atoms with van der Waals surface area (Å²) < 4.78 is 12.9. The lowest BCUT2D eigenvalue weighted by Gasteiger charge is -2.09. The number of benzene rings is 1. The third-order valence-electron chi connectivity index (χ3n) is 2.09. The fourth-order valence-corrected chi connectivity index (χ4v) is 1.26. The van der Waals surface area contributed by atoms with Crippen molar-refractivity contribution < 1.29 is 14.6 Å². The quantitative estimate of drug-likeness (QED) is 0.665. The molecule has 0 spiro atoms. The largest absolute Gasteiger partial charge is 0.394 e. The summed E-state index contributed by atoms with van der Waals surface area (Å²) >= 11 is 0. The summed E-state index contributed by atoms with van der Waals surface area (Å²) in [4.78, 5) is 0. The first-order chi connectivity index (χ1) is 7.67. The number of aliphatic hydroxyl groups excluding tert-OH is 2. The van der Waals surface area contributed by atoms with E-state index in [0.717, 1.165) is 0 Å². The summed E-state index contributed by atoms with van der Waals surface area (Å²) in [5.74, 6) is -0.404. The number of hydrogen-bond donors (Lipinski definition) is 3. The zero-order chi connectivity index (χ0) is 12.0. The molecule has 0 amide bonds. The Bertz CT molecular complexity index is 390. The van der Waals surface area contributed by atoms with Crippen molar-refractivity contribution in [1.29, 1.82) is 5.26 Å². The summed E-state index contributed by atoms with van der Waals surface area (Å²) in [6.45, 7) is 0.136. The molecule has 0 aromatic heterocycles. The molecule has 1 rings (SSSR count). The van der Waals surface area contributed by atoms with Gasteiger partial charge in [0.15, 0.2) is 0 Å². The fourth-order valence-electron chi connectivity index (χ4n) is 1.26. The van der Waals surface area contributed by atoms with E-state index in [1.54, 1.807) is 0 Å². The Morgan fingerprint density at radius 1 is 1.50 bits per heavy atom. The van der Waals surface area contributed by atoms with Crippen molar-refractivity contribution in [2.24, 2.45) is 0 Å². The number of nitrogens with zero attached hydrogens (tertiary/aromatic N) is 1. The van der Waals surface area contributed by atoms with Gasteiger partial charge in [-0.2, -0.15) is 5.26 Å². The van der Waals surface area contributed by atoms with Gasteiger partial charge >= 0.3 is 0 Å². The van der Waals surface area contributed by atoms with E-state index in [1.807, 2.05) is 6.07 Å². The summed E-state index contributed by atoms with van der Waals surface area (Å²) in [6.07, 6.45) is -0.848. The van der Waals surface area contributed by atoms with Crippen LogP contribution in [0.5, 0.6) is 0 Å². The van der Waals surface area contributed by atoms with Crippen LogP contribution in [-0.4, -0.2) is 29.5 Å². The van der Waals surface area contributed by atoms with Gasteiger partial charge in [-0.1, -0.05) is 0 Å². The Hall–Kier alpha value is -1.48. The highest BCUT2D eigenvalue weighted by Crippen LogP contribution is 2.09. The Kier molecular flexibility index (Phi) is 4.86. The maximum atomic E-state index is 12.9. The van der Waals surface area contributed by atoms with Crippen molar-refractivity contribution in [2.45, 2.75) is 12.6 Å². The smallest absolute Gasteiger partial charge is 0.123 e. The number of aliphatic hydroxyl groups is 2. The first kappa shape index (κ1) is 12.6. The minimum atomic E-state index is -0.848. The van der Waals surface area contributed by atoms with E-state index in [1.165, 1.54) is 18.2 Å². The van der Waals surface area contributed by atoms with Crippen LogP contribution in [0.25, 0.3) is 0 Å². The Morgan fingerprint density at radius 3 is 2.88 bits per heavy atom. The van der Waals surface area contributed by atoms with Crippen LogP contribution in [0.4, 0.5) is 4.39 Å². The third kappa shape index (κ3) is 3.59. The molecule has 4 nitrogen and oxygen atoms in total. The summed E-state index contributed by atoms with van der Waals surface area (Å²) in [6, 6.07) is 5.87. The van der Waals surface area contributed by atoms with Crippen molar-refractivity contribution in [1.82, 2.24) is 5.32 Å². The van der Waals surface area contributed by atoms with Crippen molar-refractivity contribution >= 4 is 0 Å². The SMILES string of the molecule is N#Cc1ccc(F)cc1CNCC(O)CO. The third-order valence-corrected chi connectivity index (χ3v) is 2.09. The van der Waals surface area contributed by atoms with Crippen molar-refractivity contribution in [3.8, 4) is 6.07 Å². The lowest BCUT2D eigenvalue weighted by atomic mass is 10.1. The van der Waals surface area contributed by atoms with Gasteiger partial charge < -0.3 is 15.5 Å². The Balaban J connectivity index is 2.59. The van der Waals surface area contributed by atoms with Gasteiger partial charge in [-0.25, -0.2) is 4.39 Å².